The highest BCUT2D eigenvalue weighted by atomic mass is 32.1. The maximum absolute atomic E-state index is 14.0. The molecule has 0 aliphatic carbocycles. The van der Waals surface area contributed by atoms with E-state index in [0.717, 1.165) is 17.1 Å². The van der Waals surface area contributed by atoms with Crippen LogP contribution in [0.2, 0.25) is 0 Å². The number of thiazole rings is 1. The van der Waals surface area contributed by atoms with Gasteiger partial charge in [-0.05, 0) is 31.2 Å². The highest BCUT2D eigenvalue weighted by Crippen LogP contribution is 2.30. The van der Waals surface area contributed by atoms with Crippen molar-refractivity contribution < 1.29 is 13.9 Å². The van der Waals surface area contributed by atoms with E-state index in [4.69, 9.17) is 5.73 Å². The molecule has 0 aliphatic heterocycles. The minimum Gasteiger partial charge on any atom is -0.383 e. The molecule has 0 atom stereocenters. The summed E-state index contributed by atoms with van der Waals surface area (Å²) < 4.78 is 20.5. The summed E-state index contributed by atoms with van der Waals surface area (Å²) in [6.45, 7) is 11.8. The lowest BCUT2D eigenvalue weighted by Crippen LogP contribution is -2.30. The molecule has 194 valence electrons. The number of pyridine rings is 1. The first-order valence-electron chi connectivity index (χ1n) is 11.5. The number of nitrogens with two attached hydrogens (primary N) is 1. The van der Waals surface area contributed by atoms with Crippen LogP contribution >= 0.6 is 11.3 Å². The largest absolute Gasteiger partial charge is 0.383 e. The van der Waals surface area contributed by atoms with E-state index in [-0.39, 0.29) is 23.3 Å². The fourth-order valence-electron chi connectivity index (χ4n) is 2.94. The molecule has 4 N–H and O–H groups in total. The van der Waals surface area contributed by atoms with Crippen LogP contribution in [0.15, 0.2) is 43.1 Å². The van der Waals surface area contributed by atoms with E-state index in [2.05, 4.69) is 36.9 Å². The summed E-state index contributed by atoms with van der Waals surface area (Å²) in [7, 11) is 1.63. The fourth-order valence-corrected chi connectivity index (χ4v) is 3.82. The van der Waals surface area contributed by atoms with Gasteiger partial charge in [0.05, 0.1) is 29.2 Å². The number of carbonyl (C=O) groups excluding carboxylic acids is 1. The van der Waals surface area contributed by atoms with Gasteiger partial charge >= 0.3 is 0 Å². The Morgan fingerprint density at radius 1 is 1.36 bits per heavy atom. The smallest absolute Gasteiger partial charge is 0.222 e. The van der Waals surface area contributed by atoms with Gasteiger partial charge in [0.2, 0.25) is 5.91 Å². The quantitative estimate of drug-likeness (QED) is 0.353. The van der Waals surface area contributed by atoms with Gasteiger partial charge in [-0.2, -0.15) is 0 Å². The van der Waals surface area contributed by atoms with Crippen LogP contribution in [0.4, 0.5) is 9.52 Å². The minimum absolute atomic E-state index is 0.0166. The summed E-state index contributed by atoms with van der Waals surface area (Å²) in [5, 5.41) is 6.77. The van der Waals surface area contributed by atoms with Crippen molar-refractivity contribution in [1.29, 1.82) is 0 Å². The van der Waals surface area contributed by atoms with Crippen LogP contribution in [0.1, 0.15) is 32.2 Å². The molecule has 1 amide bonds. The molecule has 0 unspecified atom stereocenters. The lowest BCUT2D eigenvalue weighted by Gasteiger charge is -2.10. The average molecular weight is 516 g/mol. The first-order valence-corrected chi connectivity index (χ1v) is 12.3. The molecule has 9 nitrogen and oxygen atoms in total. The van der Waals surface area contributed by atoms with Crippen LogP contribution in [0.3, 0.4) is 0 Å². The number of ether oxygens (including phenoxy) is 1. The van der Waals surface area contributed by atoms with E-state index in [1.807, 2.05) is 31.4 Å². The van der Waals surface area contributed by atoms with E-state index in [9.17, 15) is 9.18 Å². The normalized spacial score (nSPS) is 11.1. The molecule has 0 saturated carbocycles. The Hall–Kier alpha value is -3.41. The number of hydrogen-bond donors (Lipinski definition) is 3. The van der Waals surface area contributed by atoms with Crippen molar-refractivity contribution in [3.63, 3.8) is 0 Å². The van der Waals surface area contributed by atoms with Gasteiger partial charge in [-0.3, -0.25) is 9.78 Å². The molecule has 0 aromatic carbocycles. The molecule has 0 aliphatic rings. The average Bonchev–Trinajstić information content (AvgIpc) is 3.47. The first kappa shape index (κ1) is 28.8. The highest BCUT2D eigenvalue weighted by molar-refractivity contribution is 7.18. The minimum atomic E-state index is -0.381. The van der Waals surface area contributed by atoms with Crippen molar-refractivity contribution in [3.8, 4) is 10.6 Å². The molecule has 3 aromatic rings. The van der Waals surface area contributed by atoms with Crippen molar-refractivity contribution in [3.05, 3.63) is 60.3 Å². The molecule has 11 heteroatoms. The van der Waals surface area contributed by atoms with Crippen LogP contribution in [0, 0.1) is 11.7 Å². The van der Waals surface area contributed by atoms with Gasteiger partial charge in [-0.1, -0.05) is 31.8 Å². The number of hydrogen-bond acceptors (Lipinski definition) is 8. The third-order valence-corrected chi connectivity index (χ3v) is 5.67. The number of methoxy groups -OCH3 is 1. The first-order chi connectivity index (χ1) is 17.3. The zero-order valence-electron chi connectivity index (χ0n) is 21.1. The van der Waals surface area contributed by atoms with Crippen LogP contribution in [0.5, 0.6) is 0 Å². The summed E-state index contributed by atoms with van der Waals surface area (Å²) in [6.07, 6.45) is 8.51. The number of halogens is 1. The van der Waals surface area contributed by atoms with E-state index in [1.165, 1.54) is 17.4 Å². The Labute approximate surface area is 215 Å². The summed E-state index contributed by atoms with van der Waals surface area (Å²) in [5.74, 6) is -0.419. The van der Waals surface area contributed by atoms with E-state index in [1.54, 1.807) is 38.0 Å². The van der Waals surface area contributed by atoms with Crippen molar-refractivity contribution in [1.82, 2.24) is 24.8 Å². The summed E-state index contributed by atoms with van der Waals surface area (Å²) >= 11 is 1.32. The summed E-state index contributed by atoms with van der Waals surface area (Å²) in [4.78, 5) is 25.2. The molecule has 3 heterocycles. The zero-order chi connectivity index (χ0) is 26.5. The second kappa shape index (κ2) is 14.9. The van der Waals surface area contributed by atoms with Gasteiger partial charge in [0, 0.05) is 50.8 Å². The van der Waals surface area contributed by atoms with Crippen LogP contribution in [-0.2, 0) is 16.1 Å². The van der Waals surface area contributed by atoms with Gasteiger partial charge in [-0.25, -0.2) is 14.4 Å². The number of carbonyl (C=O) groups is 1. The molecule has 36 heavy (non-hydrogen) atoms. The number of aromatic nitrogens is 4. The lowest BCUT2D eigenvalue weighted by atomic mass is 10.2. The van der Waals surface area contributed by atoms with Gasteiger partial charge in [-0.15, -0.1) is 0 Å². The van der Waals surface area contributed by atoms with Gasteiger partial charge in [0.1, 0.15) is 11.5 Å². The van der Waals surface area contributed by atoms with Crippen molar-refractivity contribution in [2.45, 2.75) is 27.3 Å². The Kier molecular flexibility index (Phi) is 11.9. The van der Waals surface area contributed by atoms with Crippen molar-refractivity contribution >= 4 is 34.5 Å². The second-order valence-corrected chi connectivity index (χ2v) is 8.99. The van der Waals surface area contributed by atoms with Crippen LogP contribution < -0.4 is 16.4 Å². The Morgan fingerprint density at radius 3 is 2.75 bits per heavy atom. The van der Waals surface area contributed by atoms with Gasteiger partial charge in [0.25, 0.3) is 0 Å². The van der Waals surface area contributed by atoms with E-state index >= 15 is 0 Å². The maximum Gasteiger partial charge on any atom is 0.222 e. The number of nitrogens with one attached hydrogen (secondary N) is 2. The number of nitrogens with zero attached hydrogens (tertiary/aromatic N) is 4. The number of allylic oxidation sites excluding steroid dienone is 1. The standard InChI is InChI=1S/C22H25FN6OS.C3H9NO/c1-5-17-18(29(13-27-17)10-9-25-21(30)14(2)3)11-15(4)28-22-26-12-19(31-22)20-16(23)7-6-8-24-20;1-5-3-2-4/h5-8,11-14H,1,9-10H2,2-4H3,(H,25,30)(H,26,28);2-4H2,1H3/b15-11+;. The maximum atomic E-state index is 14.0. The van der Waals surface area contributed by atoms with Gasteiger partial charge in [0.15, 0.2) is 5.13 Å². The zero-order valence-corrected chi connectivity index (χ0v) is 21.9. The molecule has 0 radical (unpaired) electrons. The molecule has 0 saturated heterocycles. The Balaban J connectivity index is 0.000000830. The van der Waals surface area contributed by atoms with Crippen molar-refractivity contribution in [2.75, 3.05) is 32.1 Å². The molecule has 0 fully saturated rings. The number of anilines is 1. The third kappa shape index (κ3) is 8.67. The molecular formula is C25H34FN7O2S. The molecule has 3 aromatic heterocycles. The SMILES string of the molecule is C=Cc1ncn(CCNC(=O)C(C)C)c1/C=C(\C)Nc1ncc(-c2ncccc2F)s1.COCCN. The van der Waals surface area contributed by atoms with Gasteiger partial charge < -0.3 is 25.7 Å². The van der Waals surface area contributed by atoms with Crippen LogP contribution in [0.25, 0.3) is 22.7 Å². The molecule has 0 spiro atoms. The lowest BCUT2D eigenvalue weighted by molar-refractivity contribution is -0.124. The van der Waals surface area contributed by atoms with Crippen LogP contribution in [-0.4, -0.2) is 52.2 Å². The topological polar surface area (TPSA) is 120 Å². The fraction of sp³-hybridized carbons (Fsp3) is 0.360. The predicted molar refractivity (Wildman–Crippen MR) is 144 cm³/mol. The highest BCUT2D eigenvalue weighted by Gasteiger charge is 2.12. The molecular weight excluding hydrogens is 481 g/mol. The molecule has 3 rings (SSSR count). The Morgan fingerprint density at radius 2 is 2.14 bits per heavy atom. The Bertz CT molecular complexity index is 1150. The number of rotatable bonds is 11. The summed E-state index contributed by atoms with van der Waals surface area (Å²) in [6, 6.07) is 2.93. The number of amides is 1. The number of imidazole rings is 1. The predicted octanol–water partition coefficient (Wildman–Crippen LogP) is 4.02. The third-order valence-electron chi connectivity index (χ3n) is 4.75. The summed E-state index contributed by atoms with van der Waals surface area (Å²) in [5.41, 5.74) is 7.74. The van der Waals surface area contributed by atoms with E-state index in [0.29, 0.717) is 36.2 Å². The monoisotopic (exact) mass is 515 g/mol. The van der Waals surface area contributed by atoms with E-state index < -0.39 is 0 Å². The van der Waals surface area contributed by atoms with Crippen molar-refractivity contribution in [2.24, 2.45) is 11.7 Å². The molecule has 0 bridgehead atoms. The second-order valence-electron chi connectivity index (χ2n) is 7.96.